The number of amides is 1. The van der Waals surface area contributed by atoms with E-state index in [1.807, 2.05) is 0 Å². The van der Waals surface area contributed by atoms with Crippen LogP contribution in [-0.2, 0) is 10.0 Å². The van der Waals surface area contributed by atoms with Crippen LogP contribution in [0.3, 0.4) is 0 Å². The summed E-state index contributed by atoms with van der Waals surface area (Å²) in [6.45, 7) is 0.732. The molecule has 8 heteroatoms. The highest BCUT2D eigenvalue weighted by atomic mass is 32.2. The van der Waals surface area contributed by atoms with E-state index in [4.69, 9.17) is 5.11 Å². The fraction of sp³-hybridized carbons (Fsp3) is 0.429. The molecule has 120 valence electrons. The number of nitrogens with one attached hydrogen (secondary N) is 1. The lowest BCUT2D eigenvalue weighted by Crippen LogP contribution is -2.49. The summed E-state index contributed by atoms with van der Waals surface area (Å²) < 4.78 is 24.4. The van der Waals surface area contributed by atoms with Crippen molar-refractivity contribution in [3.05, 3.63) is 35.4 Å². The molecule has 1 atom stereocenters. The minimum absolute atomic E-state index is 0.109. The minimum atomic E-state index is -3.26. The molecule has 1 saturated heterocycles. The molecule has 1 fully saturated rings. The van der Waals surface area contributed by atoms with E-state index in [0.29, 0.717) is 24.9 Å². The fourth-order valence-electron chi connectivity index (χ4n) is 2.39. The van der Waals surface area contributed by atoms with Crippen LogP contribution in [0.25, 0.3) is 0 Å². The number of hydrogen-bond acceptors (Lipinski definition) is 4. The molecule has 0 bridgehead atoms. The molecule has 2 N–H and O–H groups in total. The standard InChI is InChI=1S/C14H18N2O5S/c1-22(20,21)16-8-2-3-12(9-16)15-13(17)10-4-6-11(7-5-10)14(18)19/h4-7,12H,2-3,8-9H2,1H3,(H,15,17)(H,18,19). The van der Waals surface area contributed by atoms with E-state index >= 15 is 0 Å². The molecule has 0 saturated carbocycles. The van der Waals surface area contributed by atoms with E-state index in [9.17, 15) is 18.0 Å². The van der Waals surface area contributed by atoms with Crippen LogP contribution in [-0.4, -0.2) is 55.1 Å². The molecule has 2 rings (SSSR count). The van der Waals surface area contributed by atoms with Gasteiger partial charge in [-0.15, -0.1) is 0 Å². The number of benzene rings is 1. The Morgan fingerprint density at radius 3 is 2.36 bits per heavy atom. The van der Waals surface area contributed by atoms with Crippen LogP contribution in [0.5, 0.6) is 0 Å². The number of aromatic carboxylic acids is 1. The molecule has 1 unspecified atom stereocenters. The number of carbonyl (C=O) groups is 2. The van der Waals surface area contributed by atoms with Gasteiger partial charge < -0.3 is 10.4 Å². The first-order valence-corrected chi connectivity index (χ1v) is 8.71. The number of nitrogens with zero attached hydrogens (tertiary/aromatic N) is 1. The van der Waals surface area contributed by atoms with Crippen LogP contribution in [0.1, 0.15) is 33.6 Å². The van der Waals surface area contributed by atoms with Gasteiger partial charge in [0.25, 0.3) is 5.91 Å². The van der Waals surface area contributed by atoms with Gasteiger partial charge in [-0.25, -0.2) is 17.5 Å². The normalized spacial score (nSPS) is 19.6. The van der Waals surface area contributed by atoms with Gasteiger partial charge in [-0.3, -0.25) is 4.79 Å². The Morgan fingerprint density at radius 2 is 1.82 bits per heavy atom. The lowest BCUT2D eigenvalue weighted by Gasteiger charge is -2.31. The van der Waals surface area contributed by atoms with Crippen molar-refractivity contribution >= 4 is 21.9 Å². The average Bonchev–Trinajstić information content (AvgIpc) is 2.46. The first-order chi connectivity index (χ1) is 10.3. The summed E-state index contributed by atoms with van der Waals surface area (Å²) in [5.74, 6) is -1.39. The maximum Gasteiger partial charge on any atom is 0.335 e. The van der Waals surface area contributed by atoms with E-state index in [1.54, 1.807) is 0 Å². The van der Waals surface area contributed by atoms with Gasteiger partial charge >= 0.3 is 5.97 Å². The molecule has 7 nitrogen and oxygen atoms in total. The van der Waals surface area contributed by atoms with Crippen LogP contribution in [0.2, 0.25) is 0 Å². The molecule has 0 aliphatic carbocycles. The monoisotopic (exact) mass is 326 g/mol. The smallest absolute Gasteiger partial charge is 0.335 e. The zero-order chi connectivity index (χ0) is 16.3. The van der Waals surface area contributed by atoms with Crippen molar-refractivity contribution in [1.29, 1.82) is 0 Å². The first-order valence-electron chi connectivity index (χ1n) is 6.87. The molecule has 1 aromatic carbocycles. The molecular weight excluding hydrogens is 308 g/mol. The highest BCUT2D eigenvalue weighted by Crippen LogP contribution is 2.14. The summed E-state index contributed by atoms with van der Waals surface area (Å²) >= 11 is 0. The number of carbonyl (C=O) groups excluding carboxylic acids is 1. The van der Waals surface area contributed by atoms with Crippen LogP contribution in [0, 0.1) is 0 Å². The maximum atomic E-state index is 12.1. The molecule has 1 aliphatic rings. The molecule has 0 radical (unpaired) electrons. The summed E-state index contributed by atoms with van der Waals surface area (Å²) in [4.78, 5) is 22.9. The highest BCUT2D eigenvalue weighted by Gasteiger charge is 2.26. The van der Waals surface area contributed by atoms with Crippen LogP contribution in [0.15, 0.2) is 24.3 Å². The summed E-state index contributed by atoms with van der Waals surface area (Å²) in [5, 5.41) is 11.6. The quantitative estimate of drug-likeness (QED) is 0.840. The third kappa shape index (κ3) is 4.05. The Bertz CT molecular complexity index is 669. The molecule has 1 amide bonds. The van der Waals surface area contributed by atoms with Crippen LogP contribution >= 0.6 is 0 Å². The number of piperidine rings is 1. The summed E-state index contributed by atoms with van der Waals surface area (Å²) in [5.41, 5.74) is 0.457. The third-order valence-corrected chi connectivity index (χ3v) is 4.85. The molecule has 1 aromatic rings. The van der Waals surface area contributed by atoms with Crippen LogP contribution in [0.4, 0.5) is 0 Å². The Labute approximate surface area is 129 Å². The van der Waals surface area contributed by atoms with E-state index in [0.717, 1.165) is 6.26 Å². The zero-order valence-electron chi connectivity index (χ0n) is 12.2. The van der Waals surface area contributed by atoms with Gasteiger partial charge in [-0.05, 0) is 37.1 Å². The number of carboxylic acid groups (broad SMARTS) is 1. The number of rotatable bonds is 4. The van der Waals surface area contributed by atoms with Gasteiger partial charge in [-0.1, -0.05) is 0 Å². The topological polar surface area (TPSA) is 104 Å². The largest absolute Gasteiger partial charge is 0.478 e. The van der Waals surface area contributed by atoms with E-state index in [-0.39, 0.29) is 24.1 Å². The van der Waals surface area contributed by atoms with Gasteiger partial charge in [0.2, 0.25) is 10.0 Å². The second-order valence-electron chi connectivity index (χ2n) is 5.32. The summed E-state index contributed by atoms with van der Waals surface area (Å²) in [7, 11) is -3.26. The van der Waals surface area contributed by atoms with Crippen LogP contribution < -0.4 is 5.32 Å². The lowest BCUT2D eigenvalue weighted by molar-refractivity contribution is 0.0696. The zero-order valence-corrected chi connectivity index (χ0v) is 13.0. The molecule has 22 heavy (non-hydrogen) atoms. The van der Waals surface area contributed by atoms with Gasteiger partial charge in [-0.2, -0.15) is 0 Å². The number of carboxylic acids is 1. The third-order valence-electron chi connectivity index (χ3n) is 3.58. The van der Waals surface area contributed by atoms with Gasteiger partial charge in [0.15, 0.2) is 0 Å². The minimum Gasteiger partial charge on any atom is -0.478 e. The molecule has 1 heterocycles. The van der Waals surface area contributed by atoms with Crippen molar-refractivity contribution in [1.82, 2.24) is 9.62 Å². The first kappa shape index (κ1) is 16.4. The van der Waals surface area contributed by atoms with Gasteiger partial charge in [0.05, 0.1) is 11.8 Å². The van der Waals surface area contributed by atoms with Crippen molar-refractivity contribution in [3.63, 3.8) is 0 Å². The molecule has 0 aromatic heterocycles. The Kier molecular flexibility index (Phi) is 4.82. The Hall–Kier alpha value is -1.93. The van der Waals surface area contributed by atoms with E-state index in [1.165, 1.54) is 28.6 Å². The predicted octanol–water partition coefficient (Wildman–Crippen LogP) is 0.539. The van der Waals surface area contributed by atoms with Gasteiger partial charge in [0.1, 0.15) is 0 Å². The second kappa shape index (κ2) is 6.45. The number of hydrogen-bond donors (Lipinski definition) is 2. The summed E-state index contributed by atoms with van der Waals surface area (Å²) in [6.07, 6.45) is 2.56. The maximum absolute atomic E-state index is 12.1. The van der Waals surface area contributed by atoms with Gasteiger partial charge in [0, 0.05) is 24.7 Å². The summed E-state index contributed by atoms with van der Waals surface area (Å²) in [6, 6.07) is 5.36. The Balaban J connectivity index is 2.01. The SMILES string of the molecule is CS(=O)(=O)N1CCCC(NC(=O)c2ccc(C(=O)O)cc2)C1. The average molecular weight is 326 g/mol. The van der Waals surface area contributed by atoms with Crippen molar-refractivity contribution < 1.29 is 23.1 Å². The highest BCUT2D eigenvalue weighted by molar-refractivity contribution is 7.88. The van der Waals surface area contributed by atoms with Crippen molar-refractivity contribution in [3.8, 4) is 0 Å². The molecule has 0 spiro atoms. The molecular formula is C14H18N2O5S. The second-order valence-corrected chi connectivity index (χ2v) is 7.30. The number of sulfonamides is 1. The Morgan fingerprint density at radius 1 is 1.23 bits per heavy atom. The predicted molar refractivity (Wildman–Crippen MR) is 80.3 cm³/mol. The van der Waals surface area contributed by atoms with E-state index in [2.05, 4.69) is 5.32 Å². The van der Waals surface area contributed by atoms with Crippen molar-refractivity contribution in [2.24, 2.45) is 0 Å². The van der Waals surface area contributed by atoms with E-state index < -0.39 is 16.0 Å². The van der Waals surface area contributed by atoms with Crippen molar-refractivity contribution in [2.45, 2.75) is 18.9 Å². The lowest BCUT2D eigenvalue weighted by atomic mass is 10.1. The van der Waals surface area contributed by atoms with Crippen molar-refractivity contribution in [2.75, 3.05) is 19.3 Å². The fourth-order valence-corrected chi connectivity index (χ4v) is 3.31. The molecule has 1 aliphatic heterocycles.